The van der Waals surface area contributed by atoms with Crippen LogP contribution in [0.15, 0.2) is 24.5 Å². The number of rotatable bonds is 1. The van der Waals surface area contributed by atoms with E-state index < -0.39 is 17.6 Å². The highest BCUT2D eigenvalue weighted by Gasteiger charge is 2.16. The number of hydrogen-bond donors (Lipinski definition) is 2. The second kappa shape index (κ2) is 5.35. The lowest BCUT2D eigenvalue weighted by molar-refractivity contribution is -0.605. The van der Waals surface area contributed by atoms with Gasteiger partial charge in [-0.15, -0.1) is 0 Å². The lowest BCUT2D eigenvalue weighted by Gasteiger charge is -2.19. The highest BCUT2D eigenvalue weighted by Crippen LogP contribution is 2.05. The molecule has 0 aliphatic rings. The Kier molecular flexibility index (Phi) is 4.09. The third-order valence-electron chi connectivity index (χ3n) is 1.74. The molecule has 0 saturated heterocycles. The highest BCUT2D eigenvalue weighted by atomic mass is 16.6. The van der Waals surface area contributed by atoms with Crippen molar-refractivity contribution in [3.63, 3.8) is 0 Å². The monoisotopic (exact) mass is 253 g/mol. The number of pyridine rings is 1. The first kappa shape index (κ1) is 13.8. The van der Waals surface area contributed by atoms with Crippen LogP contribution in [0.4, 0.5) is 4.79 Å². The van der Waals surface area contributed by atoms with Gasteiger partial charge in [0.05, 0.1) is 5.56 Å². The van der Waals surface area contributed by atoms with E-state index in [1.54, 1.807) is 20.8 Å². The van der Waals surface area contributed by atoms with E-state index in [1.165, 1.54) is 24.5 Å². The number of hydrazine groups is 1. The summed E-state index contributed by atoms with van der Waals surface area (Å²) in [6, 6.07) is 2.66. The fraction of sp³-hybridized carbons (Fsp3) is 0.364. The number of nitrogens with one attached hydrogen (secondary N) is 2. The number of carbonyl (C=O) groups excluding carboxylic acids is 2. The lowest BCUT2D eigenvalue weighted by atomic mass is 10.2. The molecule has 0 aliphatic heterocycles. The van der Waals surface area contributed by atoms with Crippen LogP contribution in [0, 0.1) is 5.21 Å². The van der Waals surface area contributed by atoms with Crippen molar-refractivity contribution in [1.82, 2.24) is 10.9 Å². The summed E-state index contributed by atoms with van der Waals surface area (Å²) in [5, 5.41) is 10.8. The first-order valence-electron chi connectivity index (χ1n) is 5.26. The zero-order valence-electron chi connectivity index (χ0n) is 10.4. The smallest absolute Gasteiger partial charge is 0.426 e. The van der Waals surface area contributed by atoms with Crippen LogP contribution in [0.1, 0.15) is 31.1 Å². The van der Waals surface area contributed by atoms with E-state index in [-0.39, 0.29) is 5.56 Å². The number of amides is 2. The summed E-state index contributed by atoms with van der Waals surface area (Å²) < 4.78 is 5.48. The molecule has 0 spiro atoms. The van der Waals surface area contributed by atoms with E-state index in [1.807, 2.05) is 0 Å². The summed E-state index contributed by atoms with van der Waals surface area (Å²) in [4.78, 5) is 22.8. The van der Waals surface area contributed by atoms with Gasteiger partial charge in [0.2, 0.25) is 0 Å². The maximum atomic E-state index is 11.5. The SMILES string of the molecule is CC(C)(C)OC(=O)NNC(=O)c1cc[n+]([O-])cc1. The molecule has 0 atom stereocenters. The van der Waals surface area contributed by atoms with Gasteiger partial charge >= 0.3 is 6.09 Å². The molecule has 0 fully saturated rings. The van der Waals surface area contributed by atoms with Crippen molar-refractivity contribution in [2.45, 2.75) is 26.4 Å². The predicted molar refractivity (Wildman–Crippen MR) is 62.2 cm³/mol. The fourth-order valence-corrected chi connectivity index (χ4v) is 1.05. The Morgan fingerprint density at radius 1 is 1.22 bits per heavy atom. The van der Waals surface area contributed by atoms with Crippen molar-refractivity contribution < 1.29 is 19.1 Å². The molecule has 2 N–H and O–H groups in total. The summed E-state index contributed by atoms with van der Waals surface area (Å²) in [5.41, 5.74) is 3.88. The summed E-state index contributed by atoms with van der Waals surface area (Å²) in [5.74, 6) is -0.540. The molecular formula is C11H15N3O4. The lowest BCUT2D eigenvalue weighted by Crippen LogP contribution is -2.44. The van der Waals surface area contributed by atoms with Gasteiger partial charge in [0, 0.05) is 12.1 Å². The van der Waals surface area contributed by atoms with Crippen LogP contribution < -0.4 is 15.6 Å². The number of hydrogen-bond acceptors (Lipinski definition) is 4. The first-order valence-corrected chi connectivity index (χ1v) is 5.26. The van der Waals surface area contributed by atoms with Gasteiger partial charge in [-0.25, -0.2) is 10.2 Å². The van der Waals surface area contributed by atoms with Gasteiger partial charge in [-0.2, -0.15) is 4.73 Å². The Morgan fingerprint density at radius 2 is 1.78 bits per heavy atom. The summed E-state index contributed by atoms with van der Waals surface area (Å²) in [6.45, 7) is 5.12. The largest absolute Gasteiger partial charge is 0.619 e. The Morgan fingerprint density at radius 3 is 2.28 bits per heavy atom. The minimum Gasteiger partial charge on any atom is -0.619 e. The van der Waals surface area contributed by atoms with Crippen molar-refractivity contribution in [3.05, 3.63) is 35.3 Å². The zero-order chi connectivity index (χ0) is 13.8. The quantitative estimate of drug-likeness (QED) is 0.432. The molecule has 1 heterocycles. The molecule has 18 heavy (non-hydrogen) atoms. The molecule has 7 heteroatoms. The molecule has 2 amide bonds. The van der Waals surface area contributed by atoms with Crippen molar-refractivity contribution in [3.8, 4) is 0 Å². The first-order chi connectivity index (χ1) is 8.28. The van der Waals surface area contributed by atoms with Crippen LogP contribution in [0.25, 0.3) is 0 Å². The van der Waals surface area contributed by atoms with Crippen LogP contribution in [0.5, 0.6) is 0 Å². The zero-order valence-corrected chi connectivity index (χ0v) is 10.4. The Balaban J connectivity index is 2.47. The maximum absolute atomic E-state index is 11.5. The van der Waals surface area contributed by atoms with Crippen LogP contribution in [0.2, 0.25) is 0 Å². The third kappa shape index (κ3) is 4.69. The predicted octanol–water partition coefficient (Wildman–Crippen LogP) is 0.489. The highest BCUT2D eigenvalue weighted by molar-refractivity contribution is 5.94. The van der Waals surface area contributed by atoms with E-state index in [2.05, 4.69) is 10.9 Å². The summed E-state index contributed by atoms with van der Waals surface area (Å²) in [6.07, 6.45) is 1.61. The molecule has 0 unspecified atom stereocenters. The molecular weight excluding hydrogens is 238 g/mol. The number of carbonyl (C=O) groups is 2. The second-order valence-electron chi connectivity index (χ2n) is 4.53. The van der Waals surface area contributed by atoms with Crippen molar-refractivity contribution in [1.29, 1.82) is 0 Å². The fourth-order valence-electron chi connectivity index (χ4n) is 1.05. The second-order valence-corrected chi connectivity index (χ2v) is 4.53. The summed E-state index contributed by atoms with van der Waals surface area (Å²) >= 11 is 0. The molecule has 98 valence electrons. The molecule has 1 aromatic rings. The molecule has 1 aromatic heterocycles. The van der Waals surface area contributed by atoms with Gasteiger partial charge in [0.15, 0.2) is 12.4 Å². The number of aromatic nitrogens is 1. The van der Waals surface area contributed by atoms with Crippen LogP contribution in [-0.2, 0) is 4.74 Å². The van der Waals surface area contributed by atoms with Gasteiger partial charge in [0.25, 0.3) is 5.91 Å². The topological polar surface area (TPSA) is 94.4 Å². The van der Waals surface area contributed by atoms with E-state index in [0.717, 1.165) is 0 Å². The molecule has 0 bridgehead atoms. The molecule has 0 radical (unpaired) electrons. The minimum atomic E-state index is -0.759. The standard InChI is InChI=1S/C11H15N3O4/c1-11(2,3)18-10(16)13-12-9(15)8-4-6-14(17)7-5-8/h4-7H,1-3H3,(H,12,15)(H,13,16). The van der Waals surface area contributed by atoms with Gasteiger partial charge in [-0.3, -0.25) is 10.2 Å². The van der Waals surface area contributed by atoms with Gasteiger partial charge in [-0.1, -0.05) is 0 Å². The molecule has 0 aromatic carbocycles. The van der Waals surface area contributed by atoms with Gasteiger partial charge in [0.1, 0.15) is 5.60 Å². The van der Waals surface area contributed by atoms with Crippen molar-refractivity contribution in [2.75, 3.05) is 0 Å². The molecule has 7 nitrogen and oxygen atoms in total. The average Bonchev–Trinajstić information content (AvgIpc) is 2.24. The van der Waals surface area contributed by atoms with E-state index in [0.29, 0.717) is 4.73 Å². The van der Waals surface area contributed by atoms with Crippen LogP contribution >= 0.6 is 0 Å². The molecule has 0 aliphatic carbocycles. The third-order valence-corrected chi connectivity index (χ3v) is 1.74. The number of ether oxygens (including phenoxy) is 1. The van der Waals surface area contributed by atoms with Crippen molar-refractivity contribution in [2.24, 2.45) is 0 Å². The normalized spacial score (nSPS) is 10.6. The van der Waals surface area contributed by atoms with Crippen LogP contribution in [-0.4, -0.2) is 17.6 Å². The average molecular weight is 253 g/mol. The van der Waals surface area contributed by atoms with E-state index in [4.69, 9.17) is 4.74 Å². The Hall–Kier alpha value is -2.31. The summed E-state index contributed by atoms with van der Waals surface area (Å²) in [7, 11) is 0. The van der Waals surface area contributed by atoms with Gasteiger partial charge in [-0.05, 0) is 20.8 Å². The Labute approximate surface area is 104 Å². The van der Waals surface area contributed by atoms with E-state index >= 15 is 0 Å². The Bertz CT molecular complexity index is 437. The maximum Gasteiger partial charge on any atom is 0.426 e. The molecule has 0 saturated carbocycles. The minimum absolute atomic E-state index is 0.248. The van der Waals surface area contributed by atoms with E-state index in [9.17, 15) is 14.8 Å². The van der Waals surface area contributed by atoms with Crippen LogP contribution in [0.3, 0.4) is 0 Å². The number of nitrogens with zero attached hydrogens (tertiary/aromatic N) is 1. The van der Waals surface area contributed by atoms with Gasteiger partial charge < -0.3 is 9.94 Å². The van der Waals surface area contributed by atoms with Crippen molar-refractivity contribution >= 4 is 12.0 Å². The molecule has 1 rings (SSSR count).